The van der Waals surface area contributed by atoms with Crippen molar-refractivity contribution in [2.75, 3.05) is 39.3 Å². The van der Waals surface area contributed by atoms with Crippen LogP contribution in [0.15, 0.2) is 0 Å². The van der Waals surface area contributed by atoms with Gasteiger partial charge < -0.3 is 14.8 Å². The molecular formula is C19H32Cl2N6O. The molecule has 9 heteroatoms. The molecule has 4 aliphatic rings. The molecule has 3 aliphatic heterocycles. The maximum Gasteiger partial charge on any atom is 0.226 e. The SMILES string of the molecule is Cl.Cl.Cn1c(CN2CCCC2)nnc1C1CCN(C(=O)C2[C@H]3CNC[C@@H]23)CC1. The number of aromatic nitrogens is 3. The largest absolute Gasteiger partial charge is 0.342 e. The normalized spacial score (nSPS) is 29.9. The molecule has 1 saturated carbocycles. The van der Waals surface area contributed by atoms with Crippen molar-refractivity contribution in [2.45, 2.75) is 38.1 Å². The Kier molecular flexibility index (Phi) is 6.90. The molecule has 0 bridgehead atoms. The van der Waals surface area contributed by atoms with Gasteiger partial charge in [0.2, 0.25) is 5.91 Å². The summed E-state index contributed by atoms with van der Waals surface area (Å²) in [7, 11) is 2.11. The molecule has 4 heterocycles. The summed E-state index contributed by atoms with van der Waals surface area (Å²) in [6.07, 6.45) is 4.63. The molecule has 0 radical (unpaired) electrons. The number of halogens is 2. The maximum atomic E-state index is 12.7. The van der Waals surface area contributed by atoms with Crippen molar-refractivity contribution >= 4 is 30.7 Å². The first-order chi connectivity index (χ1) is 12.7. The highest BCUT2D eigenvalue weighted by Gasteiger charge is 2.57. The lowest BCUT2D eigenvalue weighted by Crippen LogP contribution is -2.40. The van der Waals surface area contributed by atoms with E-state index in [1.165, 1.54) is 25.9 Å². The fraction of sp³-hybridized carbons (Fsp3) is 0.842. The van der Waals surface area contributed by atoms with Crippen LogP contribution in [0.4, 0.5) is 0 Å². The van der Waals surface area contributed by atoms with E-state index in [0.717, 1.165) is 57.2 Å². The van der Waals surface area contributed by atoms with E-state index in [-0.39, 0.29) is 24.8 Å². The summed E-state index contributed by atoms with van der Waals surface area (Å²) >= 11 is 0. The molecule has 3 atom stereocenters. The van der Waals surface area contributed by atoms with Crippen LogP contribution < -0.4 is 5.32 Å². The van der Waals surface area contributed by atoms with E-state index in [2.05, 4.69) is 36.9 Å². The van der Waals surface area contributed by atoms with Gasteiger partial charge in [-0.05, 0) is 63.7 Å². The molecule has 3 saturated heterocycles. The quantitative estimate of drug-likeness (QED) is 0.782. The van der Waals surface area contributed by atoms with Crippen LogP contribution in [0.1, 0.15) is 43.3 Å². The Morgan fingerprint density at radius 1 is 1.04 bits per heavy atom. The number of hydrogen-bond donors (Lipinski definition) is 1. The minimum absolute atomic E-state index is 0. The predicted octanol–water partition coefficient (Wildman–Crippen LogP) is 1.43. The van der Waals surface area contributed by atoms with E-state index >= 15 is 0 Å². The number of hydrogen-bond acceptors (Lipinski definition) is 5. The summed E-state index contributed by atoms with van der Waals surface area (Å²) in [6, 6.07) is 0. The Labute approximate surface area is 179 Å². The highest BCUT2D eigenvalue weighted by Crippen LogP contribution is 2.50. The zero-order valence-electron chi connectivity index (χ0n) is 16.5. The number of likely N-dealkylation sites (tertiary alicyclic amines) is 2. The van der Waals surface area contributed by atoms with Gasteiger partial charge >= 0.3 is 0 Å². The molecule has 158 valence electrons. The Morgan fingerprint density at radius 3 is 2.32 bits per heavy atom. The fourth-order valence-corrected chi connectivity index (χ4v) is 5.36. The standard InChI is InChI=1S/C19H30N6O.2ClH/c1-23-16(12-24-6-2-3-7-24)21-22-18(23)13-4-8-25(9-5-13)19(26)17-14-10-20-11-15(14)17;;/h13-15,17,20H,2-12H2,1H3;2*1H/t14-,15+,17?;;. The lowest BCUT2D eigenvalue weighted by Gasteiger charge is -2.32. The number of amides is 1. The highest BCUT2D eigenvalue weighted by atomic mass is 35.5. The number of piperidine rings is 2. The van der Waals surface area contributed by atoms with Crippen LogP contribution in [-0.2, 0) is 18.4 Å². The van der Waals surface area contributed by atoms with E-state index < -0.39 is 0 Å². The second kappa shape index (κ2) is 8.86. The van der Waals surface area contributed by atoms with Crippen LogP contribution in [0.3, 0.4) is 0 Å². The Balaban J connectivity index is 0.00000112. The van der Waals surface area contributed by atoms with Gasteiger partial charge in [-0.2, -0.15) is 0 Å². The van der Waals surface area contributed by atoms with Gasteiger partial charge in [0.25, 0.3) is 0 Å². The third-order valence-electron chi connectivity index (χ3n) is 7.11. The monoisotopic (exact) mass is 430 g/mol. The summed E-state index contributed by atoms with van der Waals surface area (Å²) in [5.41, 5.74) is 0. The molecule has 28 heavy (non-hydrogen) atoms. The van der Waals surface area contributed by atoms with Gasteiger partial charge in [-0.15, -0.1) is 35.0 Å². The second-order valence-electron chi connectivity index (χ2n) is 8.63. The molecule has 1 aromatic rings. The maximum absolute atomic E-state index is 12.7. The van der Waals surface area contributed by atoms with E-state index in [1.807, 2.05) is 0 Å². The van der Waals surface area contributed by atoms with Crippen LogP contribution >= 0.6 is 24.8 Å². The summed E-state index contributed by atoms with van der Waals surface area (Å²) in [5.74, 6) is 4.59. The predicted molar refractivity (Wildman–Crippen MR) is 112 cm³/mol. The molecule has 1 unspecified atom stereocenters. The molecular weight excluding hydrogens is 399 g/mol. The Morgan fingerprint density at radius 2 is 1.68 bits per heavy atom. The molecule has 5 rings (SSSR count). The van der Waals surface area contributed by atoms with Crippen LogP contribution in [0.2, 0.25) is 0 Å². The summed E-state index contributed by atoms with van der Waals surface area (Å²) in [5, 5.41) is 12.4. The zero-order valence-corrected chi connectivity index (χ0v) is 18.2. The molecule has 0 aromatic carbocycles. The number of rotatable bonds is 4. The first kappa shape index (κ1) is 21.8. The van der Waals surface area contributed by atoms with Gasteiger partial charge in [-0.3, -0.25) is 9.69 Å². The zero-order chi connectivity index (χ0) is 17.7. The highest BCUT2D eigenvalue weighted by molar-refractivity contribution is 5.85. The summed E-state index contributed by atoms with van der Waals surface area (Å²) < 4.78 is 2.21. The van der Waals surface area contributed by atoms with Crippen molar-refractivity contribution in [1.82, 2.24) is 29.9 Å². The van der Waals surface area contributed by atoms with Gasteiger partial charge in [-0.1, -0.05) is 0 Å². The Bertz CT molecular complexity index is 674. The molecule has 4 fully saturated rings. The second-order valence-corrected chi connectivity index (χ2v) is 8.63. The van der Waals surface area contributed by atoms with E-state index in [4.69, 9.17) is 0 Å². The van der Waals surface area contributed by atoms with Crippen molar-refractivity contribution in [1.29, 1.82) is 0 Å². The van der Waals surface area contributed by atoms with Crippen LogP contribution in [0, 0.1) is 17.8 Å². The molecule has 1 aliphatic carbocycles. The average molecular weight is 431 g/mol. The number of fused-ring (bicyclic) bond motifs is 1. The van der Waals surface area contributed by atoms with Gasteiger partial charge in [0.15, 0.2) is 0 Å². The minimum Gasteiger partial charge on any atom is -0.342 e. The summed E-state index contributed by atoms with van der Waals surface area (Å²) in [6.45, 7) is 7.11. The van der Waals surface area contributed by atoms with Crippen molar-refractivity contribution in [3.8, 4) is 0 Å². The van der Waals surface area contributed by atoms with Crippen LogP contribution in [-0.4, -0.2) is 69.7 Å². The van der Waals surface area contributed by atoms with Gasteiger partial charge in [0, 0.05) is 32.0 Å². The first-order valence-electron chi connectivity index (χ1n) is 10.3. The molecule has 0 spiro atoms. The molecule has 1 amide bonds. The third kappa shape index (κ3) is 3.91. The number of carbonyl (C=O) groups is 1. The first-order valence-corrected chi connectivity index (χ1v) is 10.3. The lowest BCUT2D eigenvalue weighted by molar-refractivity contribution is -0.134. The average Bonchev–Trinajstić information content (AvgIpc) is 3.12. The molecule has 1 N–H and O–H groups in total. The molecule has 1 aromatic heterocycles. The fourth-order valence-electron chi connectivity index (χ4n) is 5.36. The Hall–Kier alpha value is -0.890. The number of nitrogens with zero attached hydrogens (tertiary/aromatic N) is 5. The van der Waals surface area contributed by atoms with E-state index in [9.17, 15) is 4.79 Å². The van der Waals surface area contributed by atoms with Gasteiger partial charge in [-0.25, -0.2) is 0 Å². The van der Waals surface area contributed by atoms with Gasteiger partial charge in [0.05, 0.1) is 6.54 Å². The smallest absolute Gasteiger partial charge is 0.226 e. The van der Waals surface area contributed by atoms with E-state index in [1.54, 1.807) is 0 Å². The minimum atomic E-state index is 0. The summed E-state index contributed by atoms with van der Waals surface area (Å²) in [4.78, 5) is 17.3. The lowest BCUT2D eigenvalue weighted by atomic mass is 9.95. The number of nitrogens with one attached hydrogen (secondary N) is 1. The van der Waals surface area contributed by atoms with Crippen molar-refractivity contribution in [2.24, 2.45) is 24.8 Å². The van der Waals surface area contributed by atoms with Crippen molar-refractivity contribution < 1.29 is 4.79 Å². The van der Waals surface area contributed by atoms with Crippen LogP contribution in [0.5, 0.6) is 0 Å². The van der Waals surface area contributed by atoms with Crippen LogP contribution in [0.25, 0.3) is 0 Å². The topological polar surface area (TPSA) is 66.3 Å². The number of carbonyl (C=O) groups excluding carboxylic acids is 1. The van der Waals surface area contributed by atoms with Gasteiger partial charge in [0.1, 0.15) is 11.6 Å². The van der Waals surface area contributed by atoms with Crippen molar-refractivity contribution in [3.05, 3.63) is 11.6 Å². The van der Waals surface area contributed by atoms with E-state index in [0.29, 0.717) is 29.6 Å². The van der Waals surface area contributed by atoms with Crippen molar-refractivity contribution in [3.63, 3.8) is 0 Å². The molecule has 7 nitrogen and oxygen atoms in total. The third-order valence-corrected chi connectivity index (χ3v) is 7.11.